The van der Waals surface area contributed by atoms with Crippen molar-refractivity contribution in [3.05, 3.63) is 69.0 Å². The van der Waals surface area contributed by atoms with E-state index in [0.29, 0.717) is 21.4 Å². The Kier molecular flexibility index (Phi) is 5.40. The van der Waals surface area contributed by atoms with Gasteiger partial charge in [-0.2, -0.15) is 4.99 Å². The van der Waals surface area contributed by atoms with E-state index in [1.807, 2.05) is 34.9 Å². The smallest absolute Gasteiger partial charge is 0.272 e. The Hall–Kier alpha value is -2.32. The van der Waals surface area contributed by atoms with Crippen LogP contribution in [0.1, 0.15) is 5.56 Å². The lowest BCUT2D eigenvalue weighted by molar-refractivity contribution is -0.113. The Morgan fingerprint density at radius 3 is 2.84 bits per heavy atom. The average Bonchev–Trinajstić information content (AvgIpc) is 2.91. The second-order valence-electron chi connectivity index (χ2n) is 5.09. The molecule has 0 saturated heterocycles. The van der Waals surface area contributed by atoms with Gasteiger partial charge in [0.15, 0.2) is 4.80 Å². The lowest BCUT2D eigenvalue weighted by atomic mass is 10.2. The molecule has 2 aromatic carbocycles. The molecule has 0 aliphatic heterocycles. The summed E-state index contributed by atoms with van der Waals surface area (Å²) in [7, 11) is 0. The number of rotatable bonds is 3. The van der Waals surface area contributed by atoms with Crippen molar-refractivity contribution in [3.63, 3.8) is 0 Å². The fourth-order valence-corrected chi connectivity index (χ4v) is 3.79. The largest absolute Gasteiger partial charge is 0.305 e. The van der Waals surface area contributed by atoms with E-state index in [-0.39, 0.29) is 5.91 Å². The number of benzene rings is 2. The maximum absolute atomic E-state index is 12.2. The van der Waals surface area contributed by atoms with Crippen molar-refractivity contribution in [2.24, 2.45) is 4.99 Å². The van der Waals surface area contributed by atoms with E-state index in [0.717, 1.165) is 15.8 Å². The minimum Gasteiger partial charge on any atom is -0.305 e. The standard InChI is InChI=1S/C19H12Cl2N2OS/c1-2-11-23-16-9-8-14(20)12-17(16)25-19(23)22-18(24)10-7-13-5-3-4-6-15(13)21/h1,3-10,12H,11H2/b10-7+,22-19?. The van der Waals surface area contributed by atoms with E-state index in [4.69, 9.17) is 29.6 Å². The first kappa shape index (κ1) is 17.5. The SMILES string of the molecule is C#CCn1c(=NC(=O)/C=C/c2ccccc2Cl)sc2cc(Cl)ccc21. The molecule has 6 heteroatoms. The summed E-state index contributed by atoms with van der Waals surface area (Å²) in [5.41, 5.74) is 1.65. The van der Waals surface area contributed by atoms with Crippen LogP contribution < -0.4 is 4.80 Å². The zero-order valence-electron chi connectivity index (χ0n) is 12.9. The highest BCUT2D eigenvalue weighted by atomic mass is 35.5. The molecule has 0 fully saturated rings. The topological polar surface area (TPSA) is 34.4 Å². The van der Waals surface area contributed by atoms with Gasteiger partial charge in [-0.1, -0.05) is 58.7 Å². The number of carbonyl (C=O) groups excluding carboxylic acids is 1. The first-order valence-corrected chi connectivity index (χ1v) is 8.89. The van der Waals surface area contributed by atoms with E-state index in [1.165, 1.54) is 17.4 Å². The lowest BCUT2D eigenvalue weighted by Crippen LogP contribution is -2.15. The highest BCUT2D eigenvalue weighted by Crippen LogP contribution is 2.22. The minimum absolute atomic E-state index is 0.321. The number of thiazole rings is 1. The molecule has 25 heavy (non-hydrogen) atoms. The van der Waals surface area contributed by atoms with Crippen molar-refractivity contribution in [2.45, 2.75) is 6.54 Å². The van der Waals surface area contributed by atoms with Crippen LogP contribution >= 0.6 is 34.5 Å². The van der Waals surface area contributed by atoms with Gasteiger partial charge in [-0.25, -0.2) is 0 Å². The Bertz CT molecular complexity index is 1090. The number of hydrogen-bond donors (Lipinski definition) is 0. The molecule has 0 aliphatic rings. The summed E-state index contributed by atoms with van der Waals surface area (Å²) in [6.45, 7) is 0.321. The number of fused-ring (bicyclic) bond motifs is 1. The van der Waals surface area contributed by atoms with Crippen molar-refractivity contribution in [2.75, 3.05) is 0 Å². The summed E-state index contributed by atoms with van der Waals surface area (Å²) in [4.78, 5) is 16.9. The molecule has 0 atom stereocenters. The number of halogens is 2. The molecule has 3 aromatic rings. The fourth-order valence-electron chi connectivity index (χ4n) is 2.28. The summed E-state index contributed by atoms with van der Waals surface area (Å²) in [6.07, 6.45) is 8.47. The van der Waals surface area contributed by atoms with Crippen LogP contribution in [-0.2, 0) is 11.3 Å². The number of hydrogen-bond acceptors (Lipinski definition) is 2. The third-order valence-corrected chi connectivity index (χ3v) is 5.03. The normalized spacial score (nSPS) is 12.0. The van der Waals surface area contributed by atoms with Gasteiger partial charge in [0.1, 0.15) is 0 Å². The van der Waals surface area contributed by atoms with Crippen molar-refractivity contribution < 1.29 is 4.79 Å². The molecule has 0 unspecified atom stereocenters. The Balaban J connectivity index is 2.00. The summed E-state index contributed by atoms with van der Waals surface area (Å²) < 4.78 is 2.74. The van der Waals surface area contributed by atoms with Crippen molar-refractivity contribution in [1.82, 2.24) is 4.57 Å². The zero-order valence-corrected chi connectivity index (χ0v) is 15.3. The molecule has 3 rings (SSSR count). The molecule has 0 saturated carbocycles. The van der Waals surface area contributed by atoms with Gasteiger partial charge in [0.05, 0.1) is 16.8 Å². The molecule has 3 nitrogen and oxygen atoms in total. The highest BCUT2D eigenvalue weighted by molar-refractivity contribution is 7.16. The minimum atomic E-state index is -0.386. The van der Waals surface area contributed by atoms with Crippen LogP contribution in [0, 0.1) is 12.3 Å². The van der Waals surface area contributed by atoms with Crippen molar-refractivity contribution >= 4 is 56.7 Å². The zero-order chi connectivity index (χ0) is 17.8. The highest BCUT2D eigenvalue weighted by Gasteiger charge is 2.07. The maximum atomic E-state index is 12.2. The molecule has 0 radical (unpaired) electrons. The van der Waals surface area contributed by atoms with Crippen LogP contribution in [0.15, 0.2) is 53.5 Å². The predicted molar refractivity (Wildman–Crippen MR) is 105 cm³/mol. The second kappa shape index (κ2) is 7.71. The second-order valence-corrected chi connectivity index (χ2v) is 6.94. The summed E-state index contributed by atoms with van der Waals surface area (Å²) in [5, 5.41) is 1.20. The third kappa shape index (κ3) is 4.02. The van der Waals surface area contributed by atoms with E-state index < -0.39 is 0 Å². The first-order valence-electron chi connectivity index (χ1n) is 7.32. The lowest BCUT2D eigenvalue weighted by Gasteiger charge is -1.99. The monoisotopic (exact) mass is 386 g/mol. The third-order valence-electron chi connectivity index (χ3n) is 3.41. The molecule has 1 heterocycles. The van der Waals surface area contributed by atoms with Gasteiger partial charge in [-0.3, -0.25) is 4.79 Å². The summed E-state index contributed by atoms with van der Waals surface area (Å²) in [6, 6.07) is 12.8. The van der Waals surface area contributed by atoms with Crippen LogP contribution in [0.2, 0.25) is 10.0 Å². The molecule has 1 amide bonds. The Labute approximate surface area is 158 Å². The van der Waals surface area contributed by atoms with Gasteiger partial charge in [-0.05, 0) is 35.9 Å². The van der Waals surface area contributed by atoms with Crippen molar-refractivity contribution in [1.29, 1.82) is 0 Å². The summed E-state index contributed by atoms with van der Waals surface area (Å²) >= 11 is 13.5. The quantitative estimate of drug-likeness (QED) is 0.470. The number of nitrogens with zero attached hydrogens (tertiary/aromatic N) is 2. The molecular weight excluding hydrogens is 375 g/mol. The number of amides is 1. The molecule has 1 aromatic heterocycles. The first-order chi connectivity index (χ1) is 12.1. The van der Waals surface area contributed by atoms with E-state index in [1.54, 1.807) is 18.2 Å². The van der Waals surface area contributed by atoms with Gasteiger partial charge >= 0.3 is 0 Å². The van der Waals surface area contributed by atoms with E-state index in [2.05, 4.69) is 10.9 Å². The molecule has 124 valence electrons. The van der Waals surface area contributed by atoms with Crippen LogP contribution in [-0.4, -0.2) is 10.5 Å². The average molecular weight is 387 g/mol. The van der Waals surface area contributed by atoms with Gasteiger partial charge < -0.3 is 4.57 Å². The molecule has 0 bridgehead atoms. The van der Waals surface area contributed by atoms with Gasteiger partial charge in [0, 0.05) is 16.1 Å². The van der Waals surface area contributed by atoms with E-state index in [9.17, 15) is 4.79 Å². The van der Waals surface area contributed by atoms with Gasteiger partial charge in [0.2, 0.25) is 0 Å². The number of carbonyl (C=O) groups is 1. The van der Waals surface area contributed by atoms with Crippen molar-refractivity contribution in [3.8, 4) is 12.3 Å². The molecule has 0 N–H and O–H groups in total. The Morgan fingerprint density at radius 2 is 2.08 bits per heavy atom. The maximum Gasteiger partial charge on any atom is 0.272 e. The van der Waals surface area contributed by atoms with Gasteiger partial charge in [0.25, 0.3) is 5.91 Å². The van der Waals surface area contributed by atoms with Crippen LogP contribution in [0.4, 0.5) is 0 Å². The molecule has 0 aliphatic carbocycles. The van der Waals surface area contributed by atoms with Gasteiger partial charge in [-0.15, -0.1) is 6.42 Å². The predicted octanol–water partition coefficient (Wildman–Crippen LogP) is 4.78. The molecule has 0 spiro atoms. The van der Waals surface area contributed by atoms with E-state index >= 15 is 0 Å². The molecular formula is C19H12Cl2N2OS. The van der Waals surface area contributed by atoms with Crippen LogP contribution in [0.5, 0.6) is 0 Å². The number of terminal acetylenes is 1. The summed E-state index contributed by atoms with van der Waals surface area (Å²) in [5.74, 6) is 2.20. The number of aromatic nitrogens is 1. The fraction of sp³-hybridized carbons (Fsp3) is 0.0526. The Morgan fingerprint density at radius 1 is 1.28 bits per heavy atom. The van der Waals surface area contributed by atoms with Crippen LogP contribution in [0.3, 0.4) is 0 Å². The van der Waals surface area contributed by atoms with Crippen LogP contribution in [0.25, 0.3) is 16.3 Å².